The van der Waals surface area contributed by atoms with Crippen LogP contribution in [0.5, 0.6) is 0 Å². The van der Waals surface area contributed by atoms with E-state index >= 15 is 0 Å². The van der Waals surface area contributed by atoms with Gasteiger partial charge in [0.15, 0.2) is 0 Å². The van der Waals surface area contributed by atoms with E-state index in [4.69, 9.17) is 10.4 Å². The molecule has 0 fully saturated rings. The van der Waals surface area contributed by atoms with Crippen molar-refractivity contribution in [2.75, 3.05) is 0 Å². The molecule has 11 nitrogen and oxygen atoms in total. The fourth-order valence-electron chi connectivity index (χ4n) is 2.63. The summed E-state index contributed by atoms with van der Waals surface area (Å²) in [5, 5.41) is 25.7. The Kier molecular flexibility index (Phi) is 14.9. The maximum absolute atomic E-state index is 10.2. The minimum absolute atomic E-state index is 0. The number of hydrogen-bond donors (Lipinski definition) is 1. The van der Waals surface area contributed by atoms with Crippen molar-refractivity contribution < 1.29 is 39.3 Å². The second kappa shape index (κ2) is 18.2. The van der Waals surface area contributed by atoms with Gasteiger partial charge in [0.2, 0.25) is 0 Å². The third-order valence-electron chi connectivity index (χ3n) is 4.18. The number of imidazole rings is 1. The van der Waals surface area contributed by atoms with Crippen LogP contribution < -0.4 is 10.1 Å². The Bertz CT molecular complexity index is 1250. The molecular formula is C27H21N7O4Ru. The first-order valence-electron chi connectivity index (χ1n) is 10.9. The number of aromatic nitrogens is 6. The molecule has 12 heteroatoms. The topological polar surface area (TPSA) is 180 Å². The molecular weight excluding hydrogens is 587 g/mol. The zero-order valence-electron chi connectivity index (χ0n) is 20.5. The molecule has 5 aromatic heterocycles. The summed E-state index contributed by atoms with van der Waals surface area (Å²) >= 11 is 0. The van der Waals surface area contributed by atoms with E-state index in [1.807, 2.05) is 72.8 Å². The number of hydrogen-bond acceptors (Lipinski definition) is 9. The number of rotatable bonds is 4. The number of nitriles is 1. The van der Waals surface area contributed by atoms with Crippen molar-refractivity contribution in [3.05, 3.63) is 115 Å². The predicted molar refractivity (Wildman–Crippen MR) is 135 cm³/mol. The predicted octanol–water partition coefficient (Wildman–Crippen LogP) is 2.92. The molecule has 1 N–H and O–H groups in total. The molecule has 0 aliphatic heterocycles. The number of carboxylic acid groups (broad SMARTS) is 2. The molecule has 39 heavy (non-hydrogen) atoms. The first-order chi connectivity index (χ1) is 18.5. The summed E-state index contributed by atoms with van der Waals surface area (Å²) in [7, 11) is 0. The van der Waals surface area contributed by atoms with Gasteiger partial charge in [-0.25, -0.2) is 4.79 Å². The second-order valence-corrected chi connectivity index (χ2v) is 6.75. The number of pyridine rings is 4. The van der Waals surface area contributed by atoms with Gasteiger partial charge in [0.05, 0.1) is 34.8 Å². The second-order valence-electron chi connectivity index (χ2n) is 6.75. The summed E-state index contributed by atoms with van der Waals surface area (Å²) in [6.07, 6.45) is 7.93. The standard InChI is InChI=1S/2C10H8N2.C5H4N2O4.C2H3N.Ru/c2*1-3-7-11-9(5-1)10-6-2-4-8-12-10;8-4(9)2-3(5(10)11)7-1-6-2;1-2-3;/h2*1-8H;1H,(H3,6,7,8,9,10,11);1H3;/q;;;;+2/p-2. The van der Waals surface area contributed by atoms with Crippen LogP contribution in [0.25, 0.3) is 22.8 Å². The van der Waals surface area contributed by atoms with Gasteiger partial charge in [-0.1, -0.05) is 30.6 Å². The van der Waals surface area contributed by atoms with Gasteiger partial charge in [0, 0.05) is 37.4 Å². The van der Waals surface area contributed by atoms with E-state index in [0.717, 1.165) is 29.1 Å². The van der Waals surface area contributed by atoms with Crippen LogP contribution >= 0.6 is 0 Å². The van der Waals surface area contributed by atoms with E-state index in [9.17, 15) is 14.7 Å². The molecule has 0 unspecified atom stereocenters. The fourth-order valence-corrected chi connectivity index (χ4v) is 2.63. The van der Waals surface area contributed by atoms with Gasteiger partial charge in [-0.05, 0) is 54.2 Å². The maximum Gasteiger partial charge on any atom is 2.00 e. The summed E-state index contributed by atoms with van der Waals surface area (Å²) in [6, 6.07) is 24.9. The first kappa shape index (κ1) is 31.9. The summed E-state index contributed by atoms with van der Waals surface area (Å²) in [6.45, 7) is 1.43. The quantitative estimate of drug-likeness (QED) is 0.296. The number of carbonyl (C=O) groups excluding carboxylic acids is 1. The number of aromatic carboxylic acids is 2. The fraction of sp³-hybridized carbons (Fsp3) is 0.0370. The van der Waals surface area contributed by atoms with Gasteiger partial charge in [-0.3, -0.25) is 19.9 Å². The van der Waals surface area contributed by atoms with Crippen LogP contribution in [0.4, 0.5) is 0 Å². The first-order valence-corrected chi connectivity index (χ1v) is 10.9. The Morgan fingerprint density at radius 2 is 1.08 bits per heavy atom. The average molecular weight is 609 g/mol. The van der Waals surface area contributed by atoms with Crippen molar-refractivity contribution in [1.82, 2.24) is 29.9 Å². The van der Waals surface area contributed by atoms with E-state index in [-0.39, 0.29) is 19.5 Å². The molecule has 0 saturated carbocycles. The Morgan fingerprint density at radius 3 is 1.28 bits per heavy atom. The smallest absolute Gasteiger partial charge is 0.545 e. The van der Waals surface area contributed by atoms with Gasteiger partial charge >= 0.3 is 25.4 Å². The SMILES string of the molecule is CC#N.O=C(O)c1nc[n-]c1C(=O)[O-].[Ru+2].c1ccc(-c2ccccn2)nc1.c1ccc(-c2ccccn2)nc1. The van der Waals surface area contributed by atoms with Crippen LogP contribution in [0.3, 0.4) is 0 Å². The van der Waals surface area contributed by atoms with Gasteiger partial charge < -0.3 is 25.0 Å². The number of carboxylic acids is 2. The van der Waals surface area contributed by atoms with Crippen LogP contribution in [0.1, 0.15) is 27.9 Å². The number of nitrogens with zero attached hydrogens (tertiary/aromatic N) is 7. The molecule has 0 amide bonds. The molecule has 196 valence electrons. The summed E-state index contributed by atoms with van der Waals surface area (Å²) in [4.78, 5) is 43.4. The zero-order valence-corrected chi connectivity index (χ0v) is 22.2. The van der Waals surface area contributed by atoms with Crippen LogP contribution in [-0.2, 0) is 19.5 Å². The van der Waals surface area contributed by atoms with E-state index in [1.165, 1.54) is 6.92 Å². The van der Waals surface area contributed by atoms with Gasteiger partial charge in [0.1, 0.15) is 0 Å². The third-order valence-corrected chi connectivity index (χ3v) is 4.18. The minimum Gasteiger partial charge on any atom is -0.545 e. The van der Waals surface area contributed by atoms with Gasteiger partial charge in [0.25, 0.3) is 0 Å². The molecule has 5 heterocycles. The van der Waals surface area contributed by atoms with E-state index in [2.05, 4.69) is 29.9 Å². The van der Waals surface area contributed by atoms with E-state index < -0.39 is 23.3 Å². The molecule has 0 aliphatic rings. The number of carbonyl (C=O) groups is 2. The summed E-state index contributed by atoms with van der Waals surface area (Å²) in [5.41, 5.74) is 2.43. The molecule has 0 atom stereocenters. The van der Waals surface area contributed by atoms with Crippen molar-refractivity contribution in [3.63, 3.8) is 0 Å². The minimum atomic E-state index is -1.64. The molecule has 0 aromatic carbocycles. The normalized spacial score (nSPS) is 8.82. The van der Waals surface area contributed by atoms with Crippen molar-refractivity contribution >= 4 is 11.9 Å². The van der Waals surface area contributed by atoms with Crippen molar-refractivity contribution in [2.45, 2.75) is 6.92 Å². The zero-order chi connectivity index (χ0) is 27.6. The van der Waals surface area contributed by atoms with Gasteiger partial charge in [-0.15, -0.1) is 0 Å². The molecule has 0 saturated heterocycles. The molecule has 0 spiro atoms. The molecule has 5 aromatic rings. The Labute approximate surface area is 237 Å². The summed E-state index contributed by atoms with van der Waals surface area (Å²) in [5.74, 6) is -3.07. The van der Waals surface area contributed by atoms with E-state index in [0.29, 0.717) is 0 Å². The third kappa shape index (κ3) is 11.2. The van der Waals surface area contributed by atoms with Gasteiger partial charge in [-0.2, -0.15) is 5.26 Å². The molecule has 0 aliphatic carbocycles. The van der Waals surface area contributed by atoms with Crippen molar-refractivity contribution in [3.8, 4) is 28.8 Å². The summed E-state index contributed by atoms with van der Waals surface area (Å²) < 4.78 is 0. The van der Waals surface area contributed by atoms with Crippen molar-refractivity contribution in [2.24, 2.45) is 0 Å². The maximum atomic E-state index is 10.2. The molecule has 5 rings (SSSR count). The van der Waals surface area contributed by atoms with Crippen LogP contribution in [0.15, 0.2) is 104 Å². The molecule has 0 radical (unpaired) electrons. The van der Waals surface area contributed by atoms with Crippen molar-refractivity contribution in [1.29, 1.82) is 5.26 Å². The van der Waals surface area contributed by atoms with Crippen LogP contribution in [0, 0.1) is 11.3 Å². The molecule has 0 bridgehead atoms. The Morgan fingerprint density at radius 1 is 0.744 bits per heavy atom. The van der Waals surface area contributed by atoms with Crippen LogP contribution in [0.2, 0.25) is 0 Å². The Hall–Kier alpha value is -5.14. The Balaban J connectivity index is 0.000000275. The largest absolute Gasteiger partial charge is 2.00 e. The van der Waals surface area contributed by atoms with Crippen LogP contribution in [-0.4, -0.2) is 42.0 Å². The van der Waals surface area contributed by atoms with E-state index in [1.54, 1.807) is 30.9 Å². The monoisotopic (exact) mass is 609 g/mol. The average Bonchev–Trinajstić information content (AvgIpc) is 3.48.